The van der Waals surface area contributed by atoms with E-state index in [1.807, 2.05) is 4.90 Å². The lowest BCUT2D eigenvalue weighted by atomic mass is 9.79. The summed E-state index contributed by atoms with van der Waals surface area (Å²) in [5.74, 6) is -0.0959. The van der Waals surface area contributed by atoms with Crippen molar-refractivity contribution in [1.29, 1.82) is 0 Å². The Hall–Kier alpha value is -3.05. The highest BCUT2D eigenvalue weighted by atomic mass is 16.3. The molecule has 2 heterocycles. The minimum Gasteiger partial charge on any atom is -0.380 e. The SMILES string of the molecule is C=C(c1ccc(-c2ccc3cccc-3[nH]2)cc1)N1CCN(C(=O)C2(O)CCC2)CC1. The van der Waals surface area contributed by atoms with Gasteiger partial charge in [0, 0.05) is 43.3 Å². The monoisotopic (exact) mass is 401 g/mol. The van der Waals surface area contributed by atoms with Crippen LogP contribution in [0.5, 0.6) is 0 Å². The highest BCUT2D eigenvalue weighted by molar-refractivity contribution is 5.86. The van der Waals surface area contributed by atoms with Crippen molar-refractivity contribution >= 4 is 11.6 Å². The third-order valence-electron chi connectivity index (χ3n) is 6.61. The number of hydrogen-bond acceptors (Lipinski definition) is 3. The molecule has 1 amide bonds. The van der Waals surface area contributed by atoms with E-state index in [2.05, 4.69) is 71.1 Å². The molecular formula is C25H27N3O2. The molecule has 2 N–H and O–H groups in total. The lowest BCUT2D eigenvalue weighted by Gasteiger charge is -2.43. The highest BCUT2D eigenvalue weighted by Crippen LogP contribution is 2.34. The van der Waals surface area contributed by atoms with Gasteiger partial charge in [0.1, 0.15) is 5.60 Å². The van der Waals surface area contributed by atoms with Crippen LogP contribution in [0.3, 0.4) is 0 Å². The van der Waals surface area contributed by atoms with Crippen LogP contribution >= 0.6 is 0 Å². The van der Waals surface area contributed by atoms with Crippen LogP contribution < -0.4 is 0 Å². The number of hydrogen-bond donors (Lipinski definition) is 2. The number of nitrogens with one attached hydrogen (secondary N) is 1. The van der Waals surface area contributed by atoms with Crippen molar-refractivity contribution in [2.75, 3.05) is 26.2 Å². The molecule has 30 heavy (non-hydrogen) atoms. The second kappa shape index (κ2) is 7.33. The molecule has 0 atom stereocenters. The topological polar surface area (TPSA) is 59.6 Å². The van der Waals surface area contributed by atoms with Gasteiger partial charge in [-0.2, -0.15) is 0 Å². The summed E-state index contributed by atoms with van der Waals surface area (Å²) in [5.41, 5.74) is 5.55. The molecule has 0 bridgehead atoms. The zero-order chi connectivity index (χ0) is 20.7. The second-order valence-electron chi connectivity index (χ2n) is 8.46. The molecule has 2 fully saturated rings. The van der Waals surface area contributed by atoms with Gasteiger partial charge in [-0.05, 0) is 48.1 Å². The van der Waals surface area contributed by atoms with Crippen LogP contribution in [0, 0.1) is 0 Å². The number of aliphatic hydroxyl groups is 1. The van der Waals surface area contributed by atoms with Crippen molar-refractivity contribution in [2.45, 2.75) is 24.9 Å². The number of pyridine rings is 1. The minimum absolute atomic E-state index is 0.0959. The summed E-state index contributed by atoms with van der Waals surface area (Å²) in [6.45, 7) is 7.04. The molecule has 0 radical (unpaired) electrons. The Morgan fingerprint density at radius 2 is 1.47 bits per heavy atom. The van der Waals surface area contributed by atoms with Crippen LogP contribution in [-0.4, -0.2) is 57.6 Å². The normalized spacial score (nSPS) is 18.3. The highest BCUT2D eigenvalue weighted by Gasteiger charge is 2.44. The summed E-state index contributed by atoms with van der Waals surface area (Å²) < 4.78 is 0. The smallest absolute Gasteiger partial charge is 0.254 e. The van der Waals surface area contributed by atoms with Crippen molar-refractivity contribution in [2.24, 2.45) is 0 Å². The summed E-state index contributed by atoms with van der Waals surface area (Å²) in [5, 5.41) is 10.3. The molecule has 4 aliphatic rings. The molecule has 0 unspecified atom stereocenters. The molecule has 5 heteroatoms. The number of rotatable bonds is 4. The summed E-state index contributed by atoms with van der Waals surface area (Å²) in [6.07, 6.45) is 2.13. The zero-order valence-corrected chi connectivity index (χ0v) is 17.1. The molecule has 0 aromatic heterocycles. The van der Waals surface area contributed by atoms with Gasteiger partial charge in [0.25, 0.3) is 5.91 Å². The molecular weight excluding hydrogens is 374 g/mol. The lowest BCUT2D eigenvalue weighted by molar-refractivity contribution is -0.161. The Bertz CT molecular complexity index is 1040. The predicted octanol–water partition coefficient (Wildman–Crippen LogP) is 3.82. The summed E-state index contributed by atoms with van der Waals surface area (Å²) in [7, 11) is 0. The van der Waals surface area contributed by atoms with Crippen molar-refractivity contribution in [3.63, 3.8) is 0 Å². The van der Waals surface area contributed by atoms with Gasteiger partial charge in [0.2, 0.25) is 0 Å². The maximum absolute atomic E-state index is 12.5. The van der Waals surface area contributed by atoms with Crippen LogP contribution in [-0.2, 0) is 4.79 Å². The van der Waals surface area contributed by atoms with E-state index in [0.29, 0.717) is 25.9 Å². The molecule has 2 aliphatic carbocycles. The van der Waals surface area contributed by atoms with E-state index in [-0.39, 0.29) is 5.91 Å². The first-order valence-corrected chi connectivity index (χ1v) is 10.7. The van der Waals surface area contributed by atoms with Crippen LogP contribution in [0.1, 0.15) is 24.8 Å². The van der Waals surface area contributed by atoms with Gasteiger partial charge in [0.15, 0.2) is 0 Å². The van der Waals surface area contributed by atoms with Gasteiger partial charge in [-0.25, -0.2) is 0 Å². The number of nitrogens with zero attached hydrogens (tertiary/aromatic N) is 2. The van der Waals surface area contributed by atoms with Crippen molar-refractivity contribution in [3.8, 4) is 22.5 Å². The Kier molecular flexibility index (Phi) is 4.63. The maximum atomic E-state index is 12.5. The molecule has 1 aromatic carbocycles. The van der Waals surface area contributed by atoms with E-state index in [0.717, 1.165) is 47.7 Å². The average molecular weight is 402 g/mol. The van der Waals surface area contributed by atoms with Crippen LogP contribution in [0.25, 0.3) is 28.2 Å². The third-order valence-corrected chi connectivity index (χ3v) is 6.61. The number of carbonyl (C=O) groups is 1. The number of amides is 1. The first-order chi connectivity index (χ1) is 14.5. The fraction of sp³-hybridized carbons (Fsp3) is 0.320. The Labute approximate surface area is 177 Å². The number of carbonyl (C=O) groups excluding carboxylic acids is 1. The summed E-state index contributed by atoms with van der Waals surface area (Å²) in [6, 6.07) is 18.9. The molecule has 5 nitrogen and oxygen atoms in total. The Morgan fingerprint density at radius 3 is 2.13 bits per heavy atom. The van der Waals surface area contributed by atoms with E-state index < -0.39 is 5.60 Å². The second-order valence-corrected chi connectivity index (χ2v) is 8.46. The number of benzene rings is 1. The van der Waals surface area contributed by atoms with E-state index >= 15 is 0 Å². The first-order valence-electron chi connectivity index (χ1n) is 10.7. The van der Waals surface area contributed by atoms with Crippen LogP contribution in [0.4, 0.5) is 0 Å². The molecule has 1 saturated carbocycles. The van der Waals surface area contributed by atoms with Gasteiger partial charge in [-0.15, -0.1) is 0 Å². The number of aromatic nitrogens is 1. The zero-order valence-electron chi connectivity index (χ0n) is 17.1. The van der Waals surface area contributed by atoms with Gasteiger partial charge in [-0.3, -0.25) is 4.79 Å². The van der Waals surface area contributed by atoms with E-state index in [9.17, 15) is 9.90 Å². The van der Waals surface area contributed by atoms with Crippen LogP contribution in [0.15, 0.2) is 61.2 Å². The number of aromatic amines is 1. The number of fused-ring (bicyclic) bond motifs is 1. The quantitative estimate of drug-likeness (QED) is 0.699. The van der Waals surface area contributed by atoms with Gasteiger partial charge >= 0.3 is 0 Å². The molecule has 1 aromatic rings. The molecule has 154 valence electrons. The standard InChI is InChI=1S/C25H27N3O2/c1-18(27-14-16-28(17-15-27)24(29)25(30)12-3-13-25)19-6-8-21(9-7-19)23-11-10-20-4-2-5-22(20)26-23/h2,4-11,26,30H,1,3,12-17H2. The van der Waals surface area contributed by atoms with Crippen molar-refractivity contribution in [3.05, 3.63) is 66.7 Å². The maximum Gasteiger partial charge on any atom is 0.254 e. The first kappa shape index (κ1) is 18.9. The number of piperazine rings is 1. The predicted molar refractivity (Wildman–Crippen MR) is 119 cm³/mol. The van der Waals surface area contributed by atoms with Crippen molar-refractivity contribution in [1.82, 2.24) is 14.8 Å². The minimum atomic E-state index is -1.10. The van der Waals surface area contributed by atoms with E-state index in [1.54, 1.807) is 0 Å². The molecule has 0 spiro atoms. The number of H-pyrrole nitrogens is 1. The fourth-order valence-corrected chi connectivity index (χ4v) is 4.45. The lowest BCUT2D eigenvalue weighted by Crippen LogP contribution is -2.57. The van der Waals surface area contributed by atoms with E-state index in [1.165, 1.54) is 5.56 Å². The Balaban J connectivity index is 1.24. The molecule has 2 aliphatic heterocycles. The largest absolute Gasteiger partial charge is 0.380 e. The average Bonchev–Trinajstić information content (AvgIpc) is 3.24. The molecule has 5 rings (SSSR count). The van der Waals surface area contributed by atoms with Crippen molar-refractivity contribution < 1.29 is 9.90 Å². The van der Waals surface area contributed by atoms with Gasteiger partial charge in [-0.1, -0.05) is 49.0 Å². The third kappa shape index (κ3) is 3.29. The van der Waals surface area contributed by atoms with E-state index in [4.69, 9.17) is 0 Å². The van der Waals surface area contributed by atoms with Gasteiger partial charge < -0.3 is 19.9 Å². The van der Waals surface area contributed by atoms with Gasteiger partial charge in [0.05, 0.1) is 0 Å². The van der Waals surface area contributed by atoms with Crippen LogP contribution in [0.2, 0.25) is 0 Å². The summed E-state index contributed by atoms with van der Waals surface area (Å²) >= 11 is 0. The molecule has 1 saturated heterocycles. The summed E-state index contributed by atoms with van der Waals surface area (Å²) in [4.78, 5) is 20.0. The fourth-order valence-electron chi connectivity index (χ4n) is 4.45. The Morgan fingerprint density at radius 1 is 0.867 bits per heavy atom.